The van der Waals surface area contributed by atoms with Gasteiger partial charge >= 0.3 is 0 Å². The first-order valence-corrected chi connectivity index (χ1v) is 9.57. The van der Waals surface area contributed by atoms with E-state index in [0.717, 1.165) is 30.9 Å². The van der Waals surface area contributed by atoms with E-state index < -0.39 is 0 Å². The maximum Gasteiger partial charge on any atom is 0.261 e. The van der Waals surface area contributed by atoms with Crippen LogP contribution in [0, 0.1) is 6.92 Å². The first kappa shape index (κ1) is 16.2. The molecule has 1 aliphatic heterocycles. The van der Waals surface area contributed by atoms with Crippen molar-refractivity contribution in [1.82, 2.24) is 19.5 Å². The maximum absolute atomic E-state index is 12.5. The minimum absolute atomic E-state index is 0.152. The molecule has 0 atom stereocenters. The zero-order valence-electron chi connectivity index (χ0n) is 14.2. The maximum atomic E-state index is 12.5. The van der Waals surface area contributed by atoms with Gasteiger partial charge in [-0.1, -0.05) is 12.1 Å². The van der Waals surface area contributed by atoms with Crippen LogP contribution in [0.4, 0.5) is 5.69 Å². The van der Waals surface area contributed by atoms with Crippen molar-refractivity contribution in [2.45, 2.75) is 13.5 Å². The Morgan fingerprint density at radius 2 is 2.20 bits per heavy atom. The summed E-state index contributed by atoms with van der Waals surface area (Å²) in [5, 5.41) is 5.99. The molecule has 1 amide bonds. The number of anilines is 1. The minimum atomic E-state index is -0.152. The van der Waals surface area contributed by atoms with Crippen LogP contribution in [0.3, 0.4) is 0 Å². The van der Waals surface area contributed by atoms with Crippen molar-refractivity contribution >= 4 is 29.0 Å². The Kier molecular flexibility index (Phi) is 4.50. The fourth-order valence-electron chi connectivity index (χ4n) is 3.14. The van der Waals surface area contributed by atoms with E-state index >= 15 is 0 Å². The van der Waals surface area contributed by atoms with Gasteiger partial charge < -0.3 is 5.32 Å². The molecule has 25 heavy (non-hydrogen) atoms. The monoisotopic (exact) mass is 355 g/mol. The second-order valence-electron chi connectivity index (χ2n) is 6.30. The highest BCUT2D eigenvalue weighted by Gasteiger charge is 2.15. The Hall–Kier alpha value is -2.25. The molecule has 1 saturated heterocycles. The number of imidazole rings is 1. The third kappa shape index (κ3) is 3.43. The number of fused-ring (bicyclic) bond motifs is 1. The lowest BCUT2D eigenvalue weighted by Crippen LogP contribution is -2.31. The predicted molar refractivity (Wildman–Crippen MR) is 101 cm³/mol. The van der Waals surface area contributed by atoms with Crippen LogP contribution < -0.4 is 5.32 Å². The molecule has 6 nitrogen and oxygen atoms in total. The number of nitrogens with one attached hydrogen (secondary N) is 2. The average molecular weight is 355 g/mol. The number of rotatable bonds is 4. The SMILES string of the molecule is Cc1cc(CN2CCSCC2)ccc1NC(=O)c1c[nH]n2ccnc12. The number of H-pyrrole nitrogens is 1. The second kappa shape index (κ2) is 6.93. The molecule has 3 aromatic rings. The fraction of sp³-hybridized carbons (Fsp3) is 0.333. The highest BCUT2D eigenvalue weighted by molar-refractivity contribution is 7.99. The van der Waals surface area contributed by atoms with Crippen molar-refractivity contribution < 1.29 is 4.79 Å². The lowest BCUT2D eigenvalue weighted by atomic mass is 10.1. The Bertz CT molecular complexity index is 894. The molecule has 130 valence electrons. The molecule has 4 rings (SSSR count). The van der Waals surface area contributed by atoms with Crippen molar-refractivity contribution in [2.75, 3.05) is 29.9 Å². The number of hydrogen-bond donors (Lipinski definition) is 2. The first-order valence-electron chi connectivity index (χ1n) is 8.42. The summed E-state index contributed by atoms with van der Waals surface area (Å²) in [5.41, 5.74) is 4.38. The van der Waals surface area contributed by atoms with Gasteiger partial charge in [-0.2, -0.15) is 11.8 Å². The Morgan fingerprint density at radius 1 is 1.36 bits per heavy atom. The molecule has 0 bridgehead atoms. The van der Waals surface area contributed by atoms with Gasteiger partial charge in [-0.25, -0.2) is 9.50 Å². The Morgan fingerprint density at radius 3 is 3.00 bits per heavy atom. The number of carbonyl (C=O) groups is 1. The molecule has 2 N–H and O–H groups in total. The van der Waals surface area contributed by atoms with E-state index in [1.165, 1.54) is 17.1 Å². The van der Waals surface area contributed by atoms with Crippen LogP contribution in [-0.4, -0.2) is 50.0 Å². The van der Waals surface area contributed by atoms with Crippen molar-refractivity contribution in [3.63, 3.8) is 0 Å². The van der Waals surface area contributed by atoms with Crippen molar-refractivity contribution in [3.8, 4) is 0 Å². The van der Waals surface area contributed by atoms with E-state index in [-0.39, 0.29) is 5.91 Å². The molecule has 1 fully saturated rings. The van der Waals surface area contributed by atoms with Gasteiger partial charge in [-0.15, -0.1) is 0 Å². The van der Waals surface area contributed by atoms with Gasteiger partial charge in [0, 0.05) is 55.4 Å². The molecule has 0 spiro atoms. The third-order valence-corrected chi connectivity index (χ3v) is 5.47. The summed E-state index contributed by atoms with van der Waals surface area (Å²) in [7, 11) is 0. The Balaban J connectivity index is 1.47. The molecule has 1 aliphatic rings. The minimum Gasteiger partial charge on any atom is -0.322 e. The number of thioether (sulfide) groups is 1. The summed E-state index contributed by atoms with van der Waals surface area (Å²) in [5.74, 6) is 2.28. The number of amides is 1. The van der Waals surface area contributed by atoms with Crippen LogP contribution in [0.25, 0.3) is 5.65 Å². The molecule has 3 heterocycles. The summed E-state index contributed by atoms with van der Waals surface area (Å²) in [4.78, 5) is 19.2. The van der Waals surface area contributed by atoms with Gasteiger partial charge in [-0.05, 0) is 24.1 Å². The normalized spacial score (nSPS) is 15.6. The molecule has 1 aromatic carbocycles. The molecule has 0 aliphatic carbocycles. The molecular formula is C18H21N5OS. The van der Waals surface area contributed by atoms with Crippen molar-refractivity contribution in [3.05, 3.63) is 53.5 Å². The van der Waals surface area contributed by atoms with Crippen LogP contribution >= 0.6 is 11.8 Å². The number of benzene rings is 1. The van der Waals surface area contributed by atoms with E-state index in [0.29, 0.717) is 11.2 Å². The van der Waals surface area contributed by atoms with Crippen LogP contribution in [0.1, 0.15) is 21.5 Å². The van der Waals surface area contributed by atoms with Gasteiger partial charge in [0.25, 0.3) is 5.91 Å². The lowest BCUT2D eigenvalue weighted by molar-refractivity contribution is 0.102. The number of hydrogen-bond acceptors (Lipinski definition) is 4. The van der Waals surface area contributed by atoms with Crippen molar-refractivity contribution in [2.24, 2.45) is 0 Å². The fourth-order valence-corrected chi connectivity index (χ4v) is 4.12. The number of nitrogens with zero attached hydrogens (tertiary/aromatic N) is 3. The second-order valence-corrected chi connectivity index (χ2v) is 7.52. The quantitative estimate of drug-likeness (QED) is 0.755. The molecule has 7 heteroatoms. The number of aryl methyl sites for hydroxylation is 1. The van der Waals surface area contributed by atoms with E-state index in [1.54, 1.807) is 23.1 Å². The molecule has 0 radical (unpaired) electrons. The highest BCUT2D eigenvalue weighted by Crippen LogP contribution is 2.20. The van der Waals surface area contributed by atoms with Crippen LogP contribution in [0.5, 0.6) is 0 Å². The molecule has 2 aromatic heterocycles. The van der Waals surface area contributed by atoms with Gasteiger partial charge in [0.05, 0.1) is 0 Å². The summed E-state index contributed by atoms with van der Waals surface area (Å²) in [6.07, 6.45) is 5.13. The van der Waals surface area contributed by atoms with E-state index in [4.69, 9.17) is 0 Å². The number of aromatic amines is 1. The molecule has 0 unspecified atom stereocenters. The van der Waals surface area contributed by atoms with E-state index in [1.807, 2.05) is 24.8 Å². The van der Waals surface area contributed by atoms with Crippen molar-refractivity contribution in [1.29, 1.82) is 0 Å². The Labute approximate surface area is 150 Å². The zero-order valence-corrected chi connectivity index (χ0v) is 15.0. The smallest absolute Gasteiger partial charge is 0.261 e. The largest absolute Gasteiger partial charge is 0.322 e. The summed E-state index contributed by atoms with van der Waals surface area (Å²) >= 11 is 2.02. The highest BCUT2D eigenvalue weighted by atomic mass is 32.2. The van der Waals surface area contributed by atoms with Gasteiger partial charge in [0.2, 0.25) is 0 Å². The number of aromatic nitrogens is 3. The van der Waals surface area contributed by atoms with Crippen LogP contribution in [0.15, 0.2) is 36.8 Å². The molecule has 0 saturated carbocycles. The third-order valence-electron chi connectivity index (χ3n) is 4.52. The van der Waals surface area contributed by atoms with Crippen LogP contribution in [-0.2, 0) is 6.54 Å². The standard InChI is InChI=1S/C18H21N5OS/c1-13-10-14(12-22-6-8-25-9-7-22)2-3-16(13)21-18(24)15-11-20-23-5-4-19-17(15)23/h2-5,10-11,20H,6-9,12H2,1H3,(H,21,24). The topological polar surface area (TPSA) is 65.4 Å². The summed E-state index contributed by atoms with van der Waals surface area (Å²) in [6, 6.07) is 6.27. The molecular weight excluding hydrogens is 334 g/mol. The average Bonchev–Trinajstić information content (AvgIpc) is 3.21. The number of carbonyl (C=O) groups excluding carboxylic acids is 1. The van der Waals surface area contributed by atoms with E-state index in [2.05, 4.69) is 32.4 Å². The lowest BCUT2D eigenvalue weighted by Gasteiger charge is -2.26. The summed E-state index contributed by atoms with van der Waals surface area (Å²) in [6.45, 7) is 5.31. The van der Waals surface area contributed by atoms with E-state index in [9.17, 15) is 4.79 Å². The van der Waals surface area contributed by atoms with Gasteiger partial charge in [0.1, 0.15) is 5.56 Å². The van der Waals surface area contributed by atoms with Gasteiger partial charge in [-0.3, -0.25) is 14.8 Å². The zero-order chi connectivity index (χ0) is 17.2. The van der Waals surface area contributed by atoms with Gasteiger partial charge in [0.15, 0.2) is 5.65 Å². The first-order chi connectivity index (χ1) is 12.2. The summed E-state index contributed by atoms with van der Waals surface area (Å²) < 4.78 is 1.72. The predicted octanol–water partition coefficient (Wildman–Crippen LogP) is 2.77. The van der Waals surface area contributed by atoms with Crippen LogP contribution in [0.2, 0.25) is 0 Å².